The number of benzene rings is 3. The highest BCUT2D eigenvalue weighted by Crippen LogP contribution is 2.58. The van der Waals surface area contributed by atoms with Crippen LogP contribution in [0.2, 0.25) is 5.02 Å². The molecule has 38 heavy (non-hydrogen) atoms. The Kier molecular flexibility index (Phi) is 6.00. The molecule has 1 amide bonds. The van der Waals surface area contributed by atoms with Crippen molar-refractivity contribution in [1.82, 2.24) is 4.90 Å². The Labute approximate surface area is 223 Å². The first kappa shape index (κ1) is 24.6. The molecule has 0 aromatic heterocycles. The van der Waals surface area contributed by atoms with Gasteiger partial charge in [-0.05, 0) is 54.3 Å². The normalized spacial score (nSPS) is 25.8. The molecule has 0 aliphatic carbocycles. The van der Waals surface area contributed by atoms with Gasteiger partial charge in [-0.2, -0.15) is 0 Å². The zero-order chi connectivity index (χ0) is 26.6. The van der Waals surface area contributed by atoms with E-state index in [4.69, 9.17) is 21.1 Å². The first-order valence-electron chi connectivity index (χ1n) is 12.4. The van der Waals surface area contributed by atoms with Crippen LogP contribution in [0.4, 0.5) is 10.1 Å². The van der Waals surface area contributed by atoms with E-state index in [1.807, 2.05) is 17.0 Å². The average molecular weight is 538 g/mol. The summed E-state index contributed by atoms with van der Waals surface area (Å²) in [6, 6.07) is 15.1. The highest BCUT2D eigenvalue weighted by molar-refractivity contribution is 6.32. The third kappa shape index (κ3) is 3.56. The lowest BCUT2D eigenvalue weighted by molar-refractivity contribution is -0.534. The van der Waals surface area contributed by atoms with Gasteiger partial charge in [-0.3, -0.25) is 19.8 Å². The lowest BCUT2D eigenvalue weighted by Gasteiger charge is -2.32. The molecule has 1 spiro atoms. The van der Waals surface area contributed by atoms with Gasteiger partial charge in [0.15, 0.2) is 17.0 Å². The molecule has 10 heteroatoms. The molecule has 0 radical (unpaired) electrons. The highest BCUT2D eigenvalue weighted by atomic mass is 35.5. The number of nitrogens with one attached hydrogen (secondary N) is 1. The Morgan fingerprint density at radius 3 is 2.71 bits per heavy atom. The van der Waals surface area contributed by atoms with Crippen molar-refractivity contribution in [3.63, 3.8) is 0 Å². The fourth-order valence-corrected chi connectivity index (χ4v) is 6.86. The van der Waals surface area contributed by atoms with Gasteiger partial charge in [0.25, 0.3) is 11.9 Å². The molecule has 196 valence electrons. The number of rotatable bonds is 6. The zero-order valence-corrected chi connectivity index (χ0v) is 21.3. The summed E-state index contributed by atoms with van der Waals surface area (Å²) in [7, 11) is 1.48. The Hall–Kier alpha value is -3.69. The van der Waals surface area contributed by atoms with Crippen LogP contribution in [0.1, 0.15) is 35.4 Å². The third-order valence-electron chi connectivity index (χ3n) is 8.03. The second-order valence-electron chi connectivity index (χ2n) is 9.87. The first-order valence-corrected chi connectivity index (χ1v) is 12.8. The van der Waals surface area contributed by atoms with E-state index in [2.05, 4.69) is 5.32 Å². The monoisotopic (exact) mass is 537 g/mol. The number of para-hydroxylation sites is 1. The summed E-state index contributed by atoms with van der Waals surface area (Å²) in [4.78, 5) is 28.1. The van der Waals surface area contributed by atoms with E-state index in [1.165, 1.54) is 19.2 Å². The van der Waals surface area contributed by atoms with E-state index in [0.717, 1.165) is 18.4 Å². The number of halogens is 2. The van der Waals surface area contributed by atoms with Crippen LogP contribution in [0, 0.1) is 15.9 Å². The van der Waals surface area contributed by atoms with Gasteiger partial charge >= 0.3 is 0 Å². The van der Waals surface area contributed by atoms with E-state index in [9.17, 15) is 19.3 Å². The van der Waals surface area contributed by atoms with Crippen LogP contribution in [0.15, 0.2) is 60.7 Å². The van der Waals surface area contributed by atoms with Crippen LogP contribution in [0.3, 0.4) is 0 Å². The summed E-state index contributed by atoms with van der Waals surface area (Å²) >= 11 is 6.69. The van der Waals surface area contributed by atoms with Crippen molar-refractivity contribution < 1.29 is 23.6 Å². The van der Waals surface area contributed by atoms with Crippen LogP contribution in [-0.2, 0) is 16.9 Å². The largest absolute Gasteiger partial charge is 0.493 e. The van der Waals surface area contributed by atoms with Gasteiger partial charge in [-0.1, -0.05) is 41.9 Å². The minimum Gasteiger partial charge on any atom is -0.493 e. The predicted molar refractivity (Wildman–Crippen MR) is 139 cm³/mol. The lowest BCUT2D eigenvalue weighted by Crippen LogP contribution is -2.55. The second kappa shape index (κ2) is 9.25. The maximum absolute atomic E-state index is 13.6. The summed E-state index contributed by atoms with van der Waals surface area (Å²) in [6.45, 7) is 0.712. The molecular weight excluding hydrogens is 513 g/mol. The first-order chi connectivity index (χ1) is 18.4. The molecule has 0 saturated carbocycles. The van der Waals surface area contributed by atoms with Gasteiger partial charge in [0.05, 0.1) is 18.1 Å². The minimum atomic E-state index is -1.41. The van der Waals surface area contributed by atoms with Crippen LogP contribution in [-0.4, -0.2) is 41.5 Å². The van der Waals surface area contributed by atoms with E-state index in [0.29, 0.717) is 34.9 Å². The van der Waals surface area contributed by atoms with Gasteiger partial charge in [-0.25, -0.2) is 4.39 Å². The number of carbonyl (C=O) groups excluding carboxylic acids is 1. The molecule has 1 N–H and O–H groups in total. The van der Waals surface area contributed by atoms with Crippen LogP contribution in [0.25, 0.3) is 0 Å². The lowest BCUT2D eigenvalue weighted by atomic mass is 9.77. The Balaban J connectivity index is 1.42. The number of nitrogens with zero attached hydrogens (tertiary/aromatic N) is 2. The van der Waals surface area contributed by atoms with Crippen LogP contribution < -0.4 is 14.8 Å². The number of carbonyl (C=O) groups is 1. The molecule has 4 atom stereocenters. The number of fused-ring (bicyclic) bond motifs is 4. The summed E-state index contributed by atoms with van der Waals surface area (Å²) < 4.78 is 24.8. The van der Waals surface area contributed by atoms with E-state index in [1.54, 1.807) is 36.4 Å². The summed E-state index contributed by atoms with van der Waals surface area (Å²) in [5.74, 6) is -0.699. The van der Waals surface area contributed by atoms with Crippen molar-refractivity contribution in [2.24, 2.45) is 0 Å². The molecule has 6 rings (SSSR count). The van der Waals surface area contributed by atoms with Crippen molar-refractivity contribution in [1.29, 1.82) is 0 Å². The van der Waals surface area contributed by atoms with Crippen molar-refractivity contribution in [3.05, 3.63) is 98.3 Å². The summed E-state index contributed by atoms with van der Waals surface area (Å²) in [5, 5.41) is 15.9. The quantitative estimate of drug-likeness (QED) is 0.346. The van der Waals surface area contributed by atoms with Crippen molar-refractivity contribution in [2.45, 2.75) is 43.0 Å². The zero-order valence-electron chi connectivity index (χ0n) is 20.5. The molecule has 0 unspecified atom stereocenters. The molecule has 2 fully saturated rings. The molecule has 3 heterocycles. The van der Waals surface area contributed by atoms with Gasteiger partial charge in [0.2, 0.25) is 0 Å². The number of hydrogen-bond donors (Lipinski definition) is 1. The molecule has 3 aliphatic heterocycles. The number of ether oxygens (including phenoxy) is 2. The number of nitro groups is 1. The van der Waals surface area contributed by atoms with E-state index >= 15 is 0 Å². The molecule has 3 aromatic carbocycles. The highest BCUT2D eigenvalue weighted by Gasteiger charge is 2.73. The van der Waals surface area contributed by atoms with Crippen molar-refractivity contribution in [3.8, 4) is 11.5 Å². The van der Waals surface area contributed by atoms with Crippen LogP contribution >= 0.6 is 11.6 Å². The molecule has 0 bridgehead atoms. The molecule has 3 aromatic rings. The second-order valence-corrected chi connectivity index (χ2v) is 10.3. The molecule has 2 saturated heterocycles. The minimum absolute atomic E-state index is 0.132. The summed E-state index contributed by atoms with van der Waals surface area (Å²) in [6.07, 6.45) is 1.54. The molecule has 3 aliphatic rings. The van der Waals surface area contributed by atoms with E-state index < -0.39 is 17.5 Å². The SMILES string of the molecule is COc1cc([C@H]2[C@H]([N+](=O)[O-])[C@]3(C(=O)Nc4ccccc43)N3CCC[C@@H]23)cc(Cl)c1OCc1ccc(F)cc1. The topological polar surface area (TPSA) is 93.9 Å². The number of amides is 1. The van der Waals surface area contributed by atoms with Crippen LogP contribution in [0.5, 0.6) is 11.5 Å². The van der Waals surface area contributed by atoms with Gasteiger partial charge in [0.1, 0.15) is 12.4 Å². The number of hydrogen-bond acceptors (Lipinski definition) is 6. The fraction of sp³-hybridized carbons (Fsp3) is 0.321. The van der Waals surface area contributed by atoms with Crippen molar-refractivity contribution >= 4 is 23.2 Å². The standard InChI is InChI=1S/C28H25ClFN3O5/c1-37-23-14-17(13-20(29)25(23)38-15-16-8-10-18(30)11-9-16)24-22-7-4-12-32(22)28(26(24)33(35)36)19-5-2-3-6-21(19)31-27(28)34/h2-3,5-6,8-11,13-14,22,24,26H,4,7,12,15H2,1H3,(H,31,34)/t22-,24+,26-,28+/m0/s1. The Bertz CT molecular complexity index is 1430. The van der Waals surface area contributed by atoms with Gasteiger partial charge in [0, 0.05) is 28.8 Å². The maximum atomic E-state index is 13.6. The Morgan fingerprint density at radius 2 is 1.97 bits per heavy atom. The predicted octanol–water partition coefficient (Wildman–Crippen LogP) is 5.12. The number of anilines is 1. The number of methoxy groups -OCH3 is 1. The smallest absolute Gasteiger partial charge is 0.256 e. The van der Waals surface area contributed by atoms with E-state index in [-0.39, 0.29) is 34.3 Å². The average Bonchev–Trinajstić information content (AvgIpc) is 3.57. The molecule has 8 nitrogen and oxygen atoms in total. The molecular formula is C28H25ClFN3O5. The van der Waals surface area contributed by atoms with Crippen molar-refractivity contribution in [2.75, 3.05) is 19.0 Å². The summed E-state index contributed by atoms with van der Waals surface area (Å²) in [5.41, 5.74) is 1.19. The van der Waals surface area contributed by atoms with Gasteiger partial charge < -0.3 is 14.8 Å². The third-order valence-corrected chi connectivity index (χ3v) is 8.31. The Morgan fingerprint density at radius 1 is 1.21 bits per heavy atom. The fourth-order valence-electron chi connectivity index (χ4n) is 6.58. The maximum Gasteiger partial charge on any atom is 0.256 e. The van der Waals surface area contributed by atoms with Gasteiger partial charge in [-0.15, -0.1) is 0 Å².